The molecule has 0 rings (SSSR count). The van der Waals surface area contributed by atoms with Crippen LogP contribution in [0.1, 0.15) is 110 Å². The van der Waals surface area contributed by atoms with Crippen LogP contribution in [0.25, 0.3) is 0 Å². The number of unbranched alkanes of at least 4 members (excludes halogenated alkanes) is 14. The minimum absolute atomic E-state index is 0. The second-order valence-corrected chi connectivity index (χ2v) is 6.09. The van der Waals surface area contributed by atoms with E-state index in [9.17, 15) is 4.79 Å². The minimum atomic E-state index is -0.653. The van der Waals surface area contributed by atoms with E-state index in [1.54, 1.807) is 0 Å². The van der Waals surface area contributed by atoms with E-state index in [1.807, 2.05) is 0 Å². The maximum Gasteiger partial charge on any atom is 0.303 e. The maximum atomic E-state index is 10.3. The van der Waals surface area contributed by atoms with E-state index in [0.29, 0.717) is 6.42 Å². The molecule has 0 saturated heterocycles. The zero-order chi connectivity index (χ0) is 14.9. The number of aliphatic carboxylic acids is 1. The van der Waals surface area contributed by atoms with Crippen molar-refractivity contribution in [2.24, 2.45) is 0 Å². The van der Waals surface area contributed by atoms with Crippen LogP contribution in [0, 0.1) is 0 Å². The number of carboxylic acids is 1. The monoisotopic (exact) mass is 366 g/mol. The van der Waals surface area contributed by atoms with Gasteiger partial charge >= 0.3 is 5.97 Å². The first-order valence-electron chi connectivity index (χ1n) is 8.99. The molecule has 3 nitrogen and oxygen atoms in total. The van der Waals surface area contributed by atoms with Crippen LogP contribution in [0.3, 0.4) is 0 Å². The van der Waals surface area contributed by atoms with Gasteiger partial charge in [-0.15, -0.1) is 0 Å². The van der Waals surface area contributed by atoms with Gasteiger partial charge in [0.25, 0.3) is 0 Å². The standard InChI is InChI=1S/C18H36O2.H2O.Zn/c1-2-3-4-5-6-7-8-9-10-11-12-13-14-15-16-17-18(19)20;;/h2-17H2,1H3,(H,19,20);1H2;. The van der Waals surface area contributed by atoms with E-state index >= 15 is 0 Å². The summed E-state index contributed by atoms with van der Waals surface area (Å²) in [5.74, 6) is -0.653. The Labute approximate surface area is 150 Å². The Hall–Kier alpha value is 0.0534. The van der Waals surface area contributed by atoms with Crippen molar-refractivity contribution in [3.63, 3.8) is 0 Å². The quantitative estimate of drug-likeness (QED) is 0.289. The molecule has 0 atom stereocenters. The van der Waals surface area contributed by atoms with Crippen molar-refractivity contribution in [2.75, 3.05) is 0 Å². The smallest absolute Gasteiger partial charge is 0.303 e. The van der Waals surface area contributed by atoms with Gasteiger partial charge in [0.15, 0.2) is 0 Å². The molecule has 0 aliphatic carbocycles. The topological polar surface area (TPSA) is 68.8 Å². The molecular weight excluding hydrogens is 330 g/mol. The molecule has 0 spiro atoms. The molecule has 130 valence electrons. The van der Waals surface area contributed by atoms with Crippen molar-refractivity contribution in [1.29, 1.82) is 0 Å². The third-order valence-electron chi connectivity index (χ3n) is 3.99. The van der Waals surface area contributed by atoms with E-state index in [1.165, 1.54) is 83.5 Å². The zero-order valence-corrected chi connectivity index (χ0v) is 17.8. The van der Waals surface area contributed by atoms with E-state index in [2.05, 4.69) is 6.92 Å². The summed E-state index contributed by atoms with van der Waals surface area (Å²) in [5, 5.41) is 8.52. The molecule has 0 fully saturated rings. The molecule has 0 heterocycles. The fourth-order valence-electron chi connectivity index (χ4n) is 2.65. The Bertz CT molecular complexity index is 211. The van der Waals surface area contributed by atoms with Gasteiger partial charge in [-0.3, -0.25) is 4.79 Å². The van der Waals surface area contributed by atoms with E-state index < -0.39 is 5.97 Å². The van der Waals surface area contributed by atoms with Gasteiger partial charge in [-0.1, -0.05) is 96.8 Å². The summed E-state index contributed by atoms with van der Waals surface area (Å²) in [5.41, 5.74) is 0. The second-order valence-electron chi connectivity index (χ2n) is 6.09. The van der Waals surface area contributed by atoms with E-state index in [-0.39, 0.29) is 25.0 Å². The summed E-state index contributed by atoms with van der Waals surface area (Å²) in [6, 6.07) is 0. The summed E-state index contributed by atoms with van der Waals surface area (Å²) in [7, 11) is 0. The average Bonchev–Trinajstić information content (AvgIpc) is 2.43. The molecule has 0 amide bonds. The van der Waals surface area contributed by atoms with Crippen LogP contribution >= 0.6 is 0 Å². The van der Waals surface area contributed by atoms with Crippen LogP contribution in [0.5, 0.6) is 0 Å². The minimum Gasteiger partial charge on any atom is -0.481 e. The largest absolute Gasteiger partial charge is 0.481 e. The number of hydrogen-bond donors (Lipinski definition) is 1. The summed E-state index contributed by atoms with van der Waals surface area (Å²) in [6.45, 7) is 2.27. The summed E-state index contributed by atoms with van der Waals surface area (Å²) in [6.07, 6.45) is 20.2. The number of rotatable bonds is 16. The van der Waals surface area contributed by atoms with Crippen molar-refractivity contribution in [2.45, 2.75) is 110 Å². The normalized spacial score (nSPS) is 9.86. The molecule has 0 aromatic carbocycles. The van der Waals surface area contributed by atoms with Gasteiger partial charge in [-0.25, -0.2) is 0 Å². The maximum absolute atomic E-state index is 10.3. The van der Waals surface area contributed by atoms with Gasteiger partial charge in [0.05, 0.1) is 0 Å². The Morgan fingerprint density at radius 1 is 0.636 bits per heavy atom. The first-order chi connectivity index (χ1) is 9.77. The Balaban J connectivity index is -0.00000180. The van der Waals surface area contributed by atoms with E-state index in [0.717, 1.165) is 12.8 Å². The average molecular weight is 368 g/mol. The van der Waals surface area contributed by atoms with Crippen LogP contribution < -0.4 is 0 Å². The van der Waals surface area contributed by atoms with Crippen molar-refractivity contribution >= 4 is 5.97 Å². The Kier molecular flexibility index (Phi) is 28.5. The molecule has 0 saturated carbocycles. The van der Waals surface area contributed by atoms with Gasteiger partial charge in [0.2, 0.25) is 0 Å². The summed E-state index contributed by atoms with van der Waals surface area (Å²) >= 11 is 0. The molecule has 4 heteroatoms. The predicted octanol–water partition coefficient (Wildman–Crippen LogP) is 5.51. The van der Waals surface area contributed by atoms with Crippen LogP contribution in [0.15, 0.2) is 0 Å². The molecule has 0 radical (unpaired) electrons. The van der Waals surface area contributed by atoms with Gasteiger partial charge < -0.3 is 10.6 Å². The molecule has 3 N–H and O–H groups in total. The molecule has 0 aromatic rings. The Morgan fingerprint density at radius 3 is 1.18 bits per heavy atom. The van der Waals surface area contributed by atoms with Crippen LogP contribution in [0.2, 0.25) is 0 Å². The zero-order valence-electron chi connectivity index (χ0n) is 14.9. The Morgan fingerprint density at radius 2 is 0.909 bits per heavy atom. The molecule has 22 heavy (non-hydrogen) atoms. The molecule has 0 aliphatic heterocycles. The predicted molar refractivity (Wildman–Crippen MR) is 90.8 cm³/mol. The van der Waals surface area contributed by atoms with Gasteiger partial charge in [-0.05, 0) is 6.42 Å². The van der Waals surface area contributed by atoms with Crippen molar-refractivity contribution in [3.8, 4) is 0 Å². The molecule has 0 bridgehead atoms. The fraction of sp³-hybridized carbons (Fsp3) is 0.944. The SMILES string of the molecule is CCCCCCCCCCCCCCCCCC(=O)O.O.[Zn]. The third kappa shape index (κ3) is 25.0. The van der Waals surface area contributed by atoms with Crippen LogP contribution in [0.4, 0.5) is 0 Å². The summed E-state index contributed by atoms with van der Waals surface area (Å²) < 4.78 is 0. The first-order valence-corrected chi connectivity index (χ1v) is 8.99. The molecule has 0 aromatic heterocycles. The number of carboxylic acid groups (broad SMARTS) is 1. The first kappa shape index (κ1) is 26.9. The van der Waals surface area contributed by atoms with Crippen molar-refractivity contribution in [1.82, 2.24) is 0 Å². The second kappa shape index (κ2) is 23.3. The van der Waals surface area contributed by atoms with E-state index in [4.69, 9.17) is 5.11 Å². The molecule has 0 aliphatic rings. The molecule has 0 unspecified atom stereocenters. The fourth-order valence-corrected chi connectivity index (χ4v) is 2.65. The summed E-state index contributed by atoms with van der Waals surface area (Å²) in [4.78, 5) is 10.3. The third-order valence-corrected chi connectivity index (χ3v) is 3.99. The van der Waals surface area contributed by atoms with Crippen LogP contribution in [-0.2, 0) is 24.3 Å². The number of hydrogen-bond acceptors (Lipinski definition) is 1. The van der Waals surface area contributed by atoms with Crippen molar-refractivity contribution < 1.29 is 34.9 Å². The molecular formula is C18H38O3Zn. The van der Waals surface area contributed by atoms with Crippen LogP contribution in [-0.4, -0.2) is 16.6 Å². The van der Waals surface area contributed by atoms with Crippen molar-refractivity contribution in [3.05, 3.63) is 0 Å². The number of carbonyl (C=O) groups is 1. The van der Waals surface area contributed by atoms with Gasteiger partial charge in [-0.2, -0.15) is 0 Å². The van der Waals surface area contributed by atoms with Gasteiger partial charge in [0, 0.05) is 25.9 Å². The van der Waals surface area contributed by atoms with Gasteiger partial charge in [0.1, 0.15) is 0 Å².